The van der Waals surface area contributed by atoms with Gasteiger partial charge >= 0.3 is 0 Å². The molecule has 39 heavy (non-hydrogen) atoms. The lowest BCUT2D eigenvalue weighted by Crippen LogP contribution is -2.24. The molecule has 0 unspecified atom stereocenters. The van der Waals surface area contributed by atoms with Gasteiger partial charge in [-0.3, -0.25) is 20.0 Å². The quantitative estimate of drug-likeness (QED) is 0.249. The fourth-order valence-electron chi connectivity index (χ4n) is 5.16. The fourth-order valence-corrected chi connectivity index (χ4v) is 5.16. The van der Waals surface area contributed by atoms with Crippen LogP contribution >= 0.6 is 0 Å². The summed E-state index contributed by atoms with van der Waals surface area (Å²) in [5.41, 5.74) is 9.08. The van der Waals surface area contributed by atoms with Crippen molar-refractivity contribution in [2.75, 3.05) is 13.1 Å². The van der Waals surface area contributed by atoms with E-state index >= 15 is 0 Å². The first-order chi connectivity index (χ1) is 18.9. The minimum absolute atomic E-state index is 0.0999. The summed E-state index contributed by atoms with van der Waals surface area (Å²) in [5, 5.41) is 8.42. The lowest BCUT2D eigenvalue weighted by Gasteiger charge is -2.15. The maximum atomic E-state index is 13.6. The molecule has 6 heterocycles. The molecule has 0 spiro atoms. The summed E-state index contributed by atoms with van der Waals surface area (Å²) in [6.07, 6.45) is 12.5. The van der Waals surface area contributed by atoms with Crippen molar-refractivity contribution in [3.8, 4) is 22.5 Å². The van der Waals surface area contributed by atoms with Gasteiger partial charge < -0.3 is 4.98 Å². The van der Waals surface area contributed by atoms with Gasteiger partial charge in [-0.15, -0.1) is 0 Å². The Kier molecular flexibility index (Phi) is 6.36. The number of pyridine rings is 3. The summed E-state index contributed by atoms with van der Waals surface area (Å²) < 4.78 is 27.3. The predicted molar refractivity (Wildman–Crippen MR) is 148 cm³/mol. The lowest BCUT2D eigenvalue weighted by atomic mass is 9.98. The van der Waals surface area contributed by atoms with Gasteiger partial charge in [-0.05, 0) is 54.0 Å². The SMILES string of the molecule is C=C/C=C(/c1ccncc1)c1cc(-c2[nH]nc3ncc(-c4cncc(CN5CCC(F)(F)C5)c4)cc23)[nH]c1C. The molecule has 0 saturated carbocycles. The average Bonchev–Trinajstić information content (AvgIpc) is 3.63. The van der Waals surface area contributed by atoms with Gasteiger partial charge in [0, 0.05) is 78.3 Å². The highest BCUT2D eigenvalue weighted by Crippen LogP contribution is 2.34. The van der Waals surface area contributed by atoms with E-state index in [1.54, 1.807) is 42.0 Å². The molecule has 0 aliphatic carbocycles. The van der Waals surface area contributed by atoms with Crippen molar-refractivity contribution in [2.24, 2.45) is 0 Å². The first-order valence-corrected chi connectivity index (χ1v) is 12.7. The molecule has 9 heteroatoms. The number of aromatic amines is 2. The van der Waals surface area contributed by atoms with Gasteiger partial charge in [-0.25, -0.2) is 13.8 Å². The number of halogens is 2. The maximum absolute atomic E-state index is 13.6. The molecule has 6 rings (SSSR count). The molecule has 0 aromatic carbocycles. The van der Waals surface area contributed by atoms with Crippen LogP contribution in [0.3, 0.4) is 0 Å². The molecule has 196 valence electrons. The third kappa shape index (κ3) is 5.00. The number of nitrogens with zero attached hydrogens (tertiary/aromatic N) is 5. The zero-order valence-electron chi connectivity index (χ0n) is 21.5. The zero-order valence-corrected chi connectivity index (χ0v) is 21.5. The molecule has 1 aliphatic heterocycles. The van der Waals surface area contributed by atoms with Gasteiger partial charge in [-0.1, -0.05) is 18.7 Å². The number of alkyl halides is 2. The second-order valence-electron chi connectivity index (χ2n) is 9.87. The first-order valence-electron chi connectivity index (χ1n) is 12.7. The van der Waals surface area contributed by atoms with Crippen LogP contribution in [0.1, 0.15) is 28.8 Å². The highest BCUT2D eigenvalue weighted by molar-refractivity contribution is 5.94. The maximum Gasteiger partial charge on any atom is 0.261 e. The molecule has 1 saturated heterocycles. The van der Waals surface area contributed by atoms with Crippen LogP contribution in [0.4, 0.5) is 8.78 Å². The molecule has 1 fully saturated rings. The number of rotatable bonds is 7. The zero-order chi connectivity index (χ0) is 27.0. The van der Waals surface area contributed by atoms with Crippen LogP contribution in [-0.4, -0.2) is 54.0 Å². The van der Waals surface area contributed by atoms with E-state index in [0.717, 1.165) is 55.9 Å². The number of H-pyrrole nitrogens is 2. The summed E-state index contributed by atoms with van der Waals surface area (Å²) in [4.78, 5) is 18.3. The summed E-state index contributed by atoms with van der Waals surface area (Å²) in [6.45, 7) is 6.52. The molecular weight excluding hydrogens is 496 g/mol. The molecule has 0 radical (unpaired) electrons. The summed E-state index contributed by atoms with van der Waals surface area (Å²) in [6, 6.07) is 10.1. The molecule has 5 aromatic rings. The van der Waals surface area contributed by atoms with E-state index in [2.05, 4.69) is 42.8 Å². The minimum Gasteiger partial charge on any atom is -0.357 e. The van der Waals surface area contributed by atoms with Gasteiger partial charge in [0.05, 0.1) is 17.9 Å². The smallest absolute Gasteiger partial charge is 0.261 e. The van der Waals surface area contributed by atoms with E-state index in [4.69, 9.17) is 0 Å². The third-order valence-electron chi connectivity index (χ3n) is 7.04. The van der Waals surface area contributed by atoms with Crippen molar-refractivity contribution >= 4 is 16.6 Å². The average molecular weight is 524 g/mol. The van der Waals surface area contributed by atoms with Crippen molar-refractivity contribution in [3.63, 3.8) is 0 Å². The highest BCUT2D eigenvalue weighted by atomic mass is 19.3. The van der Waals surface area contributed by atoms with Crippen molar-refractivity contribution in [1.29, 1.82) is 0 Å². The molecule has 0 amide bonds. The van der Waals surface area contributed by atoms with E-state index in [9.17, 15) is 8.78 Å². The van der Waals surface area contributed by atoms with Gasteiger partial charge in [0.2, 0.25) is 0 Å². The normalized spacial score (nSPS) is 15.7. The highest BCUT2D eigenvalue weighted by Gasteiger charge is 2.37. The standard InChI is InChI=1S/C30H27F2N7/c1-3-4-24(21-5-8-33-9-6-21)25-13-27(36-19(25)2)28-26-12-23(16-35-29(26)38-37-28)22-11-20(14-34-15-22)17-39-10-7-30(31,32)18-39/h3-6,8-9,11-16,36H,1,7,10,17-18H2,2H3,(H,35,37,38)/b24-4-. The summed E-state index contributed by atoms with van der Waals surface area (Å²) in [5.74, 6) is -2.62. The van der Waals surface area contributed by atoms with Crippen LogP contribution in [0.25, 0.3) is 39.1 Å². The van der Waals surface area contributed by atoms with E-state index in [0.29, 0.717) is 18.7 Å². The van der Waals surface area contributed by atoms with E-state index in [-0.39, 0.29) is 13.0 Å². The van der Waals surface area contributed by atoms with Gasteiger partial charge in [-0.2, -0.15) is 5.10 Å². The summed E-state index contributed by atoms with van der Waals surface area (Å²) in [7, 11) is 0. The monoisotopic (exact) mass is 523 g/mol. The third-order valence-corrected chi connectivity index (χ3v) is 7.04. The van der Waals surface area contributed by atoms with Crippen molar-refractivity contribution in [1.82, 2.24) is 35.0 Å². The largest absolute Gasteiger partial charge is 0.357 e. The van der Waals surface area contributed by atoms with E-state index < -0.39 is 5.92 Å². The van der Waals surface area contributed by atoms with E-state index in [1.165, 1.54) is 0 Å². The Morgan fingerprint density at radius 3 is 2.69 bits per heavy atom. The van der Waals surface area contributed by atoms with E-state index in [1.807, 2.05) is 37.3 Å². The topological polar surface area (TPSA) is 86.4 Å². The van der Waals surface area contributed by atoms with Crippen LogP contribution in [0.15, 0.2) is 80.0 Å². The summed E-state index contributed by atoms with van der Waals surface area (Å²) >= 11 is 0. The Morgan fingerprint density at radius 1 is 1.10 bits per heavy atom. The number of nitrogens with one attached hydrogen (secondary N) is 2. The minimum atomic E-state index is -2.62. The molecule has 7 nitrogen and oxygen atoms in total. The number of allylic oxidation sites excluding steroid dienone is 2. The Hall–Kier alpha value is -4.50. The van der Waals surface area contributed by atoms with Gasteiger partial charge in [0.15, 0.2) is 5.65 Å². The van der Waals surface area contributed by atoms with Gasteiger partial charge in [0.25, 0.3) is 5.92 Å². The molecule has 0 bridgehead atoms. The van der Waals surface area contributed by atoms with Crippen LogP contribution in [0.5, 0.6) is 0 Å². The molecule has 0 atom stereocenters. The molecular formula is C30H27F2N7. The Morgan fingerprint density at radius 2 is 1.92 bits per heavy atom. The van der Waals surface area contributed by atoms with Crippen molar-refractivity contribution < 1.29 is 8.78 Å². The molecule has 1 aliphatic rings. The lowest BCUT2D eigenvalue weighted by molar-refractivity contribution is 0.0115. The number of hydrogen-bond acceptors (Lipinski definition) is 5. The second-order valence-corrected chi connectivity index (χ2v) is 9.87. The Balaban J connectivity index is 1.33. The predicted octanol–water partition coefficient (Wildman–Crippen LogP) is 6.18. The number of fused-ring (bicyclic) bond motifs is 1. The number of aryl methyl sites for hydroxylation is 1. The van der Waals surface area contributed by atoms with Gasteiger partial charge in [0.1, 0.15) is 0 Å². The molecule has 2 N–H and O–H groups in total. The number of likely N-dealkylation sites (tertiary alicyclic amines) is 1. The Labute approximate surface area is 224 Å². The first kappa shape index (κ1) is 24.8. The van der Waals surface area contributed by atoms with Crippen LogP contribution < -0.4 is 0 Å². The van der Waals surface area contributed by atoms with Crippen LogP contribution in [-0.2, 0) is 6.54 Å². The van der Waals surface area contributed by atoms with Crippen LogP contribution in [0, 0.1) is 6.92 Å². The van der Waals surface area contributed by atoms with Crippen LogP contribution in [0.2, 0.25) is 0 Å². The fraction of sp³-hybridized carbons (Fsp3) is 0.200. The molecule has 5 aromatic heterocycles. The Bertz CT molecular complexity index is 1680. The van der Waals surface area contributed by atoms with Crippen molar-refractivity contribution in [3.05, 3.63) is 102 Å². The number of hydrogen-bond donors (Lipinski definition) is 2. The number of aromatic nitrogens is 6. The second kappa shape index (κ2) is 9.99. The van der Waals surface area contributed by atoms with Crippen molar-refractivity contribution in [2.45, 2.75) is 25.8 Å².